The molecule has 1 aromatic carbocycles. The smallest absolute Gasteiger partial charge is 0.242 e. The van der Waals surface area contributed by atoms with Crippen LogP contribution in [0, 0.1) is 0 Å². The Hall–Kier alpha value is -2.82. The average Bonchev–Trinajstić information content (AvgIpc) is 3.03. The molecule has 5 heteroatoms. The quantitative estimate of drug-likeness (QED) is 0.748. The summed E-state index contributed by atoms with van der Waals surface area (Å²) in [4.78, 5) is 27.7. The van der Waals surface area contributed by atoms with E-state index in [9.17, 15) is 9.59 Å². The summed E-state index contributed by atoms with van der Waals surface area (Å²) in [7, 11) is 0. The van der Waals surface area contributed by atoms with Gasteiger partial charge in [0.15, 0.2) is 0 Å². The van der Waals surface area contributed by atoms with Crippen LogP contribution in [-0.4, -0.2) is 28.9 Å². The topological polar surface area (TPSA) is 74.0 Å². The zero-order chi connectivity index (χ0) is 18.5. The molecule has 136 valence electrons. The number of carbonyl (C=O) groups excluding carboxylic acids is 2. The molecular weight excluding hydrogens is 326 g/mol. The van der Waals surface area contributed by atoms with Crippen LogP contribution in [-0.2, 0) is 16.0 Å². The summed E-state index contributed by atoms with van der Waals surface area (Å²) in [5.74, 6) is -0.275. The van der Waals surface area contributed by atoms with Crippen LogP contribution in [0.2, 0.25) is 0 Å². The van der Waals surface area contributed by atoms with Crippen molar-refractivity contribution in [1.82, 2.24) is 15.6 Å². The second-order valence-corrected chi connectivity index (χ2v) is 6.87. The molecule has 1 aliphatic carbocycles. The Bertz CT molecular complexity index is 863. The number of H-pyrrole nitrogens is 1. The summed E-state index contributed by atoms with van der Waals surface area (Å²) in [5, 5.41) is 6.89. The highest BCUT2D eigenvalue weighted by atomic mass is 16.2. The molecule has 26 heavy (non-hydrogen) atoms. The van der Waals surface area contributed by atoms with E-state index in [1.165, 1.54) is 5.57 Å². The normalized spacial score (nSPS) is 17.6. The Balaban J connectivity index is 1.47. The summed E-state index contributed by atoms with van der Waals surface area (Å²) in [6.45, 7) is 3.76. The van der Waals surface area contributed by atoms with Crippen molar-refractivity contribution in [3.05, 3.63) is 59.8 Å². The van der Waals surface area contributed by atoms with Crippen molar-refractivity contribution in [3.8, 4) is 0 Å². The monoisotopic (exact) mass is 351 g/mol. The van der Waals surface area contributed by atoms with Crippen LogP contribution >= 0.6 is 0 Å². The van der Waals surface area contributed by atoms with Gasteiger partial charge in [-0.1, -0.05) is 42.0 Å². The number of hydrogen-bond acceptors (Lipinski definition) is 2. The first kappa shape index (κ1) is 18.0. The van der Waals surface area contributed by atoms with Gasteiger partial charge in [-0.15, -0.1) is 0 Å². The van der Waals surface area contributed by atoms with E-state index >= 15 is 0 Å². The summed E-state index contributed by atoms with van der Waals surface area (Å²) in [5.41, 5.74) is 3.41. The van der Waals surface area contributed by atoms with Gasteiger partial charge in [0.25, 0.3) is 0 Å². The van der Waals surface area contributed by atoms with E-state index in [1.807, 2.05) is 55.6 Å². The Morgan fingerprint density at radius 2 is 2.12 bits per heavy atom. The summed E-state index contributed by atoms with van der Waals surface area (Å²) >= 11 is 0. The Morgan fingerprint density at radius 1 is 1.31 bits per heavy atom. The van der Waals surface area contributed by atoms with Crippen molar-refractivity contribution < 1.29 is 9.59 Å². The first-order valence-electron chi connectivity index (χ1n) is 9.01. The Morgan fingerprint density at radius 3 is 2.92 bits per heavy atom. The third-order valence-electron chi connectivity index (χ3n) is 4.66. The number of benzene rings is 1. The summed E-state index contributed by atoms with van der Waals surface area (Å²) < 4.78 is 0. The van der Waals surface area contributed by atoms with Crippen LogP contribution in [0.15, 0.2) is 54.3 Å². The third-order valence-corrected chi connectivity index (χ3v) is 4.66. The van der Waals surface area contributed by atoms with Crippen LogP contribution in [0.25, 0.3) is 10.9 Å². The molecule has 0 fully saturated rings. The molecule has 2 aromatic rings. The maximum absolute atomic E-state index is 12.3. The van der Waals surface area contributed by atoms with Gasteiger partial charge in [-0.3, -0.25) is 9.59 Å². The lowest BCUT2D eigenvalue weighted by Crippen LogP contribution is -2.48. The molecule has 0 bridgehead atoms. The SMILES string of the molecule is CC1=CC=C[C@@H](NC(=O)[C@H](C)NC(=O)CCc2c[nH]c3ccccc23)C1. The van der Waals surface area contributed by atoms with Crippen LogP contribution in [0.3, 0.4) is 0 Å². The maximum Gasteiger partial charge on any atom is 0.242 e. The van der Waals surface area contributed by atoms with E-state index in [1.54, 1.807) is 6.92 Å². The fourth-order valence-electron chi connectivity index (χ4n) is 3.21. The number of fused-ring (bicyclic) bond motifs is 1. The van der Waals surface area contributed by atoms with Crippen molar-refractivity contribution in [1.29, 1.82) is 0 Å². The van der Waals surface area contributed by atoms with Gasteiger partial charge in [-0.25, -0.2) is 0 Å². The molecule has 5 nitrogen and oxygen atoms in total. The highest BCUT2D eigenvalue weighted by Crippen LogP contribution is 2.19. The van der Waals surface area contributed by atoms with Gasteiger partial charge >= 0.3 is 0 Å². The standard InChI is InChI=1S/C21H25N3O2/c1-14-6-5-7-17(12-14)24-21(26)15(2)23-20(25)11-10-16-13-22-19-9-4-3-8-18(16)19/h3-9,13,15,17,22H,10-12H2,1-2H3,(H,23,25)(H,24,26)/t15-,17+/m0/s1. The molecule has 3 rings (SSSR count). The number of hydrogen-bond donors (Lipinski definition) is 3. The van der Waals surface area contributed by atoms with E-state index in [2.05, 4.69) is 15.6 Å². The minimum Gasteiger partial charge on any atom is -0.361 e. The minimum atomic E-state index is -0.551. The lowest BCUT2D eigenvalue weighted by Gasteiger charge is -2.21. The van der Waals surface area contributed by atoms with E-state index in [0.29, 0.717) is 12.8 Å². The van der Waals surface area contributed by atoms with Crippen LogP contribution < -0.4 is 10.6 Å². The molecule has 0 spiro atoms. The van der Waals surface area contributed by atoms with E-state index in [4.69, 9.17) is 0 Å². The zero-order valence-corrected chi connectivity index (χ0v) is 15.2. The average molecular weight is 351 g/mol. The predicted molar refractivity (Wildman–Crippen MR) is 104 cm³/mol. The van der Waals surface area contributed by atoms with Crippen LogP contribution in [0.1, 0.15) is 32.3 Å². The highest BCUT2D eigenvalue weighted by Gasteiger charge is 2.19. The number of nitrogens with one attached hydrogen (secondary N) is 3. The molecule has 1 heterocycles. The van der Waals surface area contributed by atoms with Crippen LogP contribution in [0.4, 0.5) is 0 Å². The number of carbonyl (C=O) groups is 2. The van der Waals surface area contributed by atoms with Crippen molar-refractivity contribution in [2.75, 3.05) is 0 Å². The molecule has 0 radical (unpaired) electrons. The van der Waals surface area contributed by atoms with E-state index < -0.39 is 6.04 Å². The van der Waals surface area contributed by atoms with E-state index in [-0.39, 0.29) is 17.9 Å². The first-order chi connectivity index (χ1) is 12.5. The lowest BCUT2D eigenvalue weighted by atomic mass is 10.0. The number of amides is 2. The third kappa shape index (κ3) is 4.42. The molecule has 0 saturated heterocycles. The van der Waals surface area contributed by atoms with E-state index in [0.717, 1.165) is 22.9 Å². The highest BCUT2D eigenvalue weighted by molar-refractivity contribution is 5.88. The molecule has 1 aromatic heterocycles. The van der Waals surface area contributed by atoms with Gasteiger partial charge < -0.3 is 15.6 Å². The van der Waals surface area contributed by atoms with Gasteiger partial charge in [0.2, 0.25) is 11.8 Å². The second-order valence-electron chi connectivity index (χ2n) is 6.87. The fraction of sp³-hybridized carbons (Fsp3) is 0.333. The maximum atomic E-state index is 12.3. The van der Waals surface area contributed by atoms with Gasteiger partial charge in [0, 0.05) is 23.5 Å². The fourth-order valence-corrected chi connectivity index (χ4v) is 3.21. The molecule has 0 aliphatic heterocycles. The second kappa shape index (κ2) is 8.04. The molecule has 1 aliphatic rings. The largest absolute Gasteiger partial charge is 0.361 e. The zero-order valence-electron chi connectivity index (χ0n) is 15.2. The number of aryl methyl sites for hydroxylation is 1. The van der Waals surface area contributed by atoms with Crippen molar-refractivity contribution in [2.45, 2.75) is 45.2 Å². The molecule has 0 unspecified atom stereocenters. The Kier molecular flexibility index (Phi) is 5.56. The molecule has 3 N–H and O–H groups in total. The van der Waals surface area contributed by atoms with Crippen LogP contribution in [0.5, 0.6) is 0 Å². The summed E-state index contributed by atoms with van der Waals surface area (Å²) in [6, 6.07) is 7.48. The van der Waals surface area contributed by atoms with Crippen molar-refractivity contribution in [2.24, 2.45) is 0 Å². The summed E-state index contributed by atoms with van der Waals surface area (Å²) in [6.07, 6.45) is 9.70. The van der Waals surface area contributed by atoms with Crippen molar-refractivity contribution >= 4 is 22.7 Å². The Labute approximate surface area is 153 Å². The number of allylic oxidation sites excluding steroid dienone is 2. The molecular formula is C21H25N3O2. The van der Waals surface area contributed by atoms with Gasteiger partial charge in [-0.2, -0.15) is 0 Å². The number of aromatic amines is 1. The number of para-hydroxylation sites is 1. The molecule has 2 atom stereocenters. The number of rotatable bonds is 6. The van der Waals surface area contributed by atoms with Gasteiger partial charge in [-0.05, 0) is 38.3 Å². The first-order valence-corrected chi connectivity index (χ1v) is 9.01. The molecule has 0 saturated carbocycles. The molecule has 2 amide bonds. The van der Waals surface area contributed by atoms with Gasteiger partial charge in [0.05, 0.1) is 6.04 Å². The van der Waals surface area contributed by atoms with Gasteiger partial charge in [0.1, 0.15) is 6.04 Å². The lowest BCUT2D eigenvalue weighted by molar-refractivity contribution is -0.128. The minimum absolute atomic E-state index is 0.00178. The number of aromatic nitrogens is 1. The predicted octanol–water partition coefficient (Wildman–Crippen LogP) is 3.00. The van der Waals surface area contributed by atoms with Crippen molar-refractivity contribution in [3.63, 3.8) is 0 Å².